The highest BCUT2D eigenvalue weighted by molar-refractivity contribution is 5.91. The number of nitrogens with one attached hydrogen (secondary N) is 2. The van der Waals surface area contributed by atoms with Gasteiger partial charge in [-0.1, -0.05) is 38.8 Å². The first-order chi connectivity index (χ1) is 10.9. The first-order valence-corrected chi connectivity index (χ1v) is 7.85. The minimum absolute atomic E-state index is 0.119. The zero-order valence-corrected chi connectivity index (χ0v) is 14.2. The zero-order chi connectivity index (χ0) is 17.4. The normalized spacial score (nSPS) is 12.3. The standard InChI is InChI=1S/C16H26N4O3/c1-5-12(6-2)15(19(3)4)11-17-16(21)18-13-9-7-8-10-14(13)20(22)23/h7-10,12,15H,5-6,11H2,1-4H3,(H2,17,18,21)/t15-/m0/s1. The summed E-state index contributed by atoms with van der Waals surface area (Å²) in [4.78, 5) is 24.6. The van der Waals surface area contributed by atoms with Crippen LogP contribution < -0.4 is 10.6 Å². The van der Waals surface area contributed by atoms with E-state index in [9.17, 15) is 14.9 Å². The molecule has 0 aliphatic carbocycles. The van der Waals surface area contributed by atoms with E-state index in [-0.39, 0.29) is 17.4 Å². The van der Waals surface area contributed by atoms with Gasteiger partial charge in [-0.3, -0.25) is 10.1 Å². The maximum atomic E-state index is 12.1. The van der Waals surface area contributed by atoms with E-state index in [1.807, 2.05) is 14.1 Å². The fourth-order valence-corrected chi connectivity index (χ4v) is 2.71. The second-order valence-electron chi connectivity index (χ2n) is 5.72. The number of hydrogen-bond acceptors (Lipinski definition) is 4. The van der Waals surface area contributed by atoms with Crippen molar-refractivity contribution in [2.24, 2.45) is 5.92 Å². The molecule has 128 valence electrons. The summed E-state index contributed by atoms with van der Waals surface area (Å²) < 4.78 is 0. The van der Waals surface area contributed by atoms with Crippen molar-refractivity contribution in [1.82, 2.24) is 10.2 Å². The molecule has 7 nitrogen and oxygen atoms in total. The van der Waals surface area contributed by atoms with Crippen molar-refractivity contribution < 1.29 is 9.72 Å². The van der Waals surface area contributed by atoms with Crippen molar-refractivity contribution in [2.75, 3.05) is 26.0 Å². The van der Waals surface area contributed by atoms with Crippen LogP contribution in [-0.4, -0.2) is 42.5 Å². The van der Waals surface area contributed by atoms with Crippen LogP contribution in [0.4, 0.5) is 16.2 Å². The SMILES string of the molecule is CCC(CC)[C@H](CNC(=O)Nc1ccccc1[N+](=O)[O-])N(C)C. The molecule has 0 unspecified atom stereocenters. The maximum absolute atomic E-state index is 12.1. The fourth-order valence-electron chi connectivity index (χ4n) is 2.71. The van der Waals surface area contributed by atoms with Gasteiger partial charge in [-0.25, -0.2) is 4.79 Å². The number of para-hydroxylation sites is 2. The average molecular weight is 322 g/mol. The molecule has 1 atom stereocenters. The van der Waals surface area contributed by atoms with Gasteiger partial charge >= 0.3 is 6.03 Å². The van der Waals surface area contributed by atoms with Crippen molar-refractivity contribution in [3.8, 4) is 0 Å². The predicted octanol–water partition coefficient (Wildman–Crippen LogP) is 3.08. The molecule has 23 heavy (non-hydrogen) atoms. The van der Waals surface area contributed by atoms with Gasteiger partial charge in [0.15, 0.2) is 0 Å². The van der Waals surface area contributed by atoms with Crippen LogP contribution in [0.15, 0.2) is 24.3 Å². The lowest BCUT2D eigenvalue weighted by Crippen LogP contribution is -2.45. The van der Waals surface area contributed by atoms with E-state index in [1.54, 1.807) is 12.1 Å². The second-order valence-corrected chi connectivity index (χ2v) is 5.72. The fraction of sp³-hybridized carbons (Fsp3) is 0.562. The molecule has 0 fully saturated rings. The minimum atomic E-state index is -0.511. The Bertz CT molecular complexity index is 530. The van der Waals surface area contributed by atoms with Crippen LogP contribution in [0.2, 0.25) is 0 Å². The Morgan fingerprint density at radius 2 is 1.87 bits per heavy atom. The monoisotopic (exact) mass is 322 g/mol. The first-order valence-electron chi connectivity index (χ1n) is 7.85. The van der Waals surface area contributed by atoms with E-state index in [2.05, 4.69) is 29.4 Å². The van der Waals surface area contributed by atoms with Crippen LogP contribution in [0.5, 0.6) is 0 Å². The molecular formula is C16H26N4O3. The second kappa shape index (κ2) is 9.09. The summed E-state index contributed by atoms with van der Waals surface area (Å²) in [6.07, 6.45) is 2.07. The topological polar surface area (TPSA) is 87.5 Å². The third-order valence-corrected chi connectivity index (χ3v) is 4.08. The van der Waals surface area contributed by atoms with Gasteiger partial charge in [-0.05, 0) is 26.1 Å². The molecule has 2 amide bonds. The zero-order valence-electron chi connectivity index (χ0n) is 14.2. The molecule has 0 heterocycles. The van der Waals surface area contributed by atoms with Gasteiger partial charge in [0.2, 0.25) is 0 Å². The number of benzene rings is 1. The summed E-state index contributed by atoms with van der Waals surface area (Å²) in [5, 5.41) is 16.3. The van der Waals surface area contributed by atoms with E-state index >= 15 is 0 Å². The molecule has 1 aromatic carbocycles. The Morgan fingerprint density at radius 1 is 1.26 bits per heavy atom. The number of carbonyl (C=O) groups excluding carboxylic acids is 1. The third-order valence-electron chi connectivity index (χ3n) is 4.08. The number of carbonyl (C=O) groups is 1. The molecule has 0 radical (unpaired) electrons. The molecule has 0 bridgehead atoms. The molecular weight excluding hydrogens is 296 g/mol. The Balaban J connectivity index is 2.68. The van der Waals surface area contributed by atoms with Crippen LogP contribution in [0.3, 0.4) is 0 Å². The molecule has 0 aliphatic rings. The first kappa shape index (κ1) is 18.9. The third kappa shape index (κ3) is 5.52. The molecule has 7 heteroatoms. The summed E-state index contributed by atoms with van der Waals surface area (Å²) in [6.45, 7) is 4.77. The van der Waals surface area contributed by atoms with Crippen LogP contribution in [0.25, 0.3) is 0 Å². The molecule has 1 aromatic rings. The number of amides is 2. The Morgan fingerprint density at radius 3 is 2.39 bits per heavy atom. The van der Waals surface area contributed by atoms with Gasteiger partial charge in [0.1, 0.15) is 5.69 Å². The molecule has 0 saturated carbocycles. The Labute approximate surface area is 137 Å². The summed E-state index contributed by atoms with van der Waals surface area (Å²) in [6, 6.07) is 5.88. The summed E-state index contributed by atoms with van der Waals surface area (Å²) in [7, 11) is 3.98. The lowest BCUT2D eigenvalue weighted by molar-refractivity contribution is -0.383. The highest BCUT2D eigenvalue weighted by Crippen LogP contribution is 2.23. The average Bonchev–Trinajstić information content (AvgIpc) is 2.51. The number of rotatable bonds is 8. The van der Waals surface area contributed by atoms with Crippen LogP contribution in [-0.2, 0) is 0 Å². The van der Waals surface area contributed by atoms with Gasteiger partial charge < -0.3 is 15.5 Å². The van der Waals surface area contributed by atoms with Crippen molar-refractivity contribution in [2.45, 2.75) is 32.7 Å². The number of hydrogen-bond donors (Lipinski definition) is 2. The van der Waals surface area contributed by atoms with E-state index < -0.39 is 11.0 Å². The number of nitrogens with zero attached hydrogens (tertiary/aromatic N) is 2. The molecule has 2 N–H and O–H groups in total. The molecule has 0 spiro atoms. The smallest absolute Gasteiger partial charge is 0.319 e. The van der Waals surface area contributed by atoms with Gasteiger partial charge in [-0.15, -0.1) is 0 Å². The summed E-state index contributed by atoms with van der Waals surface area (Å²) in [5.74, 6) is 0.483. The van der Waals surface area contributed by atoms with Crippen molar-refractivity contribution in [3.05, 3.63) is 34.4 Å². The van der Waals surface area contributed by atoms with Gasteiger partial charge in [0.05, 0.1) is 4.92 Å². The number of anilines is 1. The van der Waals surface area contributed by atoms with Gasteiger partial charge in [0.25, 0.3) is 5.69 Å². The highest BCUT2D eigenvalue weighted by atomic mass is 16.6. The quantitative estimate of drug-likeness (QED) is 0.569. The van der Waals surface area contributed by atoms with E-state index in [0.717, 1.165) is 12.8 Å². The number of likely N-dealkylation sites (N-methyl/N-ethyl adjacent to an activating group) is 1. The minimum Gasteiger partial charge on any atom is -0.336 e. The lowest BCUT2D eigenvalue weighted by Gasteiger charge is -2.31. The van der Waals surface area contributed by atoms with Crippen molar-refractivity contribution in [1.29, 1.82) is 0 Å². The van der Waals surface area contributed by atoms with E-state index in [0.29, 0.717) is 12.5 Å². The van der Waals surface area contributed by atoms with Crippen molar-refractivity contribution in [3.63, 3.8) is 0 Å². The predicted molar refractivity (Wildman–Crippen MR) is 91.7 cm³/mol. The number of urea groups is 1. The van der Waals surface area contributed by atoms with Gasteiger partial charge in [-0.2, -0.15) is 0 Å². The molecule has 1 rings (SSSR count). The number of nitro groups is 1. The highest BCUT2D eigenvalue weighted by Gasteiger charge is 2.22. The Hall–Kier alpha value is -2.15. The van der Waals surface area contributed by atoms with Crippen LogP contribution in [0.1, 0.15) is 26.7 Å². The van der Waals surface area contributed by atoms with Crippen LogP contribution in [0, 0.1) is 16.0 Å². The number of nitro benzene ring substituents is 1. The van der Waals surface area contributed by atoms with Gasteiger partial charge in [0, 0.05) is 18.7 Å². The molecule has 0 aromatic heterocycles. The largest absolute Gasteiger partial charge is 0.336 e. The summed E-state index contributed by atoms with van der Waals surface area (Å²) >= 11 is 0. The molecule has 0 saturated heterocycles. The Kier molecular flexibility index (Phi) is 7.47. The van der Waals surface area contributed by atoms with E-state index in [4.69, 9.17) is 0 Å². The maximum Gasteiger partial charge on any atom is 0.319 e. The molecule has 0 aliphatic heterocycles. The van der Waals surface area contributed by atoms with E-state index in [1.165, 1.54) is 12.1 Å². The van der Waals surface area contributed by atoms with Crippen molar-refractivity contribution >= 4 is 17.4 Å². The summed E-state index contributed by atoms with van der Waals surface area (Å²) in [5.41, 5.74) is 0.0748. The van der Waals surface area contributed by atoms with Crippen LogP contribution >= 0.6 is 0 Å². The lowest BCUT2D eigenvalue weighted by atomic mass is 9.93.